The standard InChI is InChI=1S/C22H23N3O6/c1-29-16-7-5-15(6-8-16)24-22(28)17-3-2-10-25(17)20(26)12-23-21(27)14-4-9-18-19(11-14)31-13-30-18/h4-9,11,17H,2-3,10,12-13H2,1H3,(H,23,27)(H,24,28). The predicted octanol–water partition coefficient (Wildman–Crippen LogP) is 1.78. The molecule has 0 saturated carbocycles. The maximum atomic E-state index is 12.7. The molecule has 0 aliphatic carbocycles. The fraction of sp³-hybridized carbons (Fsp3) is 0.318. The Balaban J connectivity index is 1.32. The van der Waals surface area contributed by atoms with Crippen LogP contribution in [0.25, 0.3) is 0 Å². The Hall–Kier alpha value is -3.75. The van der Waals surface area contributed by atoms with Gasteiger partial charge in [0.05, 0.1) is 13.7 Å². The Bertz CT molecular complexity index is 991. The zero-order chi connectivity index (χ0) is 21.8. The molecule has 2 aliphatic heterocycles. The average molecular weight is 425 g/mol. The van der Waals surface area contributed by atoms with Gasteiger partial charge in [0.2, 0.25) is 18.6 Å². The first-order valence-electron chi connectivity index (χ1n) is 9.97. The minimum Gasteiger partial charge on any atom is -0.497 e. The molecule has 2 heterocycles. The van der Waals surface area contributed by atoms with E-state index in [0.29, 0.717) is 41.5 Å². The minimum atomic E-state index is -0.572. The van der Waals surface area contributed by atoms with E-state index >= 15 is 0 Å². The highest BCUT2D eigenvalue weighted by molar-refractivity contribution is 5.99. The molecule has 9 heteroatoms. The van der Waals surface area contributed by atoms with Gasteiger partial charge >= 0.3 is 0 Å². The second-order valence-electron chi connectivity index (χ2n) is 7.21. The number of hydrogen-bond acceptors (Lipinski definition) is 6. The van der Waals surface area contributed by atoms with Gasteiger partial charge in [-0.05, 0) is 55.3 Å². The number of anilines is 1. The van der Waals surface area contributed by atoms with Gasteiger partial charge in [0.25, 0.3) is 5.91 Å². The first kappa shape index (κ1) is 20.5. The largest absolute Gasteiger partial charge is 0.497 e. The summed E-state index contributed by atoms with van der Waals surface area (Å²) in [4.78, 5) is 39.3. The number of benzene rings is 2. The zero-order valence-corrected chi connectivity index (χ0v) is 17.1. The fourth-order valence-electron chi connectivity index (χ4n) is 3.63. The van der Waals surface area contributed by atoms with E-state index in [9.17, 15) is 14.4 Å². The molecule has 2 aliphatic rings. The Morgan fingerprint density at radius 1 is 1.10 bits per heavy atom. The van der Waals surface area contributed by atoms with E-state index in [0.717, 1.165) is 6.42 Å². The number of ether oxygens (including phenoxy) is 3. The maximum absolute atomic E-state index is 12.7. The van der Waals surface area contributed by atoms with Gasteiger partial charge in [0.1, 0.15) is 11.8 Å². The molecule has 31 heavy (non-hydrogen) atoms. The summed E-state index contributed by atoms with van der Waals surface area (Å²) in [5, 5.41) is 5.45. The number of methoxy groups -OCH3 is 1. The van der Waals surface area contributed by atoms with E-state index in [1.807, 2.05) is 0 Å². The first-order valence-corrected chi connectivity index (χ1v) is 9.97. The summed E-state index contributed by atoms with van der Waals surface area (Å²) in [6, 6.07) is 11.2. The normalized spacial score (nSPS) is 16.7. The molecule has 0 aromatic heterocycles. The lowest BCUT2D eigenvalue weighted by Crippen LogP contribution is -2.47. The van der Waals surface area contributed by atoms with E-state index in [1.165, 1.54) is 4.90 Å². The summed E-state index contributed by atoms with van der Waals surface area (Å²) in [7, 11) is 1.57. The van der Waals surface area contributed by atoms with Gasteiger partial charge in [-0.25, -0.2) is 0 Å². The lowest BCUT2D eigenvalue weighted by atomic mass is 10.2. The Labute approximate surface area is 179 Å². The van der Waals surface area contributed by atoms with Gasteiger partial charge in [-0.1, -0.05) is 0 Å². The van der Waals surface area contributed by atoms with Crippen molar-refractivity contribution in [2.24, 2.45) is 0 Å². The van der Waals surface area contributed by atoms with Crippen molar-refractivity contribution in [2.45, 2.75) is 18.9 Å². The average Bonchev–Trinajstić information content (AvgIpc) is 3.46. The van der Waals surface area contributed by atoms with Crippen LogP contribution < -0.4 is 24.8 Å². The molecule has 2 N–H and O–H groups in total. The van der Waals surface area contributed by atoms with Crippen LogP contribution in [-0.2, 0) is 9.59 Å². The number of nitrogens with one attached hydrogen (secondary N) is 2. The lowest BCUT2D eigenvalue weighted by Gasteiger charge is -2.24. The van der Waals surface area contributed by atoms with Crippen LogP contribution in [0.1, 0.15) is 23.2 Å². The van der Waals surface area contributed by atoms with Crippen LogP contribution in [0.2, 0.25) is 0 Å². The number of likely N-dealkylation sites (tertiary alicyclic amines) is 1. The van der Waals surface area contributed by atoms with Crippen molar-refractivity contribution in [1.29, 1.82) is 0 Å². The van der Waals surface area contributed by atoms with Crippen LogP contribution in [0, 0.1) is 0 Å². The highest BCUT2D eigenvalue weighted by atomic mass is 16.7. The van der Waals surface area contributed by atoms with Gasteiger partial charge in [0, 0.05) is 17.8 Å². The van der Waals surface area contributed by atoms with Gasteiger partial charge in [-0.15, -0.1) is 0 Å². The highest BCUT2D eigenvalue weighted by Gasteiger charge is 2.34. The molecule has 9 nitrogen and oxygen atoms in total. The number of hydrogen-bond donors (Lipinski definition) is 2. The van der Waals surface area contributed by atoms with Crippen molar-refractivity contribution in [1.82, 2.24) is 10.2 Å². The fourth-order valence-corrected chi connectivity index (χ4v) is 3.63. The Morgan fingerprint density at radius 3 is 2.65 bits per heavy atom. The van der Waals surface area contributed by atoms with Gasteiger partial charge in [-0.2, -0.15) is 0 Å². The van der Waals surface area contributed by atoms with Crippen LogP contribution in [-0.4, -0.2) is 55.7 Å². The third kappa shape index (κ3) is 4.55. The highest BCUT2D eigenvalue weighted by Crippen LogP contribution is 2.32. The second-order valence-corrected chi connectivity index (χ2v) is 7.21. The topological polar surface area (TPSA) is 106 Å². The Kier molecular flexibility index (Phi) is 5.92. The van der Waals surface area contributed by atoms with Crippen molar-refractivity contribution in [3.63, 3.8) is 0 Å². The van der Waals surface area contributed by atoms with Crippen LogP contribution in [0.5, 0.6) is 17.2 Å². The van der Waals surface area contributed by atoms with E-state index in [4.69, 9.17) is 14.2 Å². The van der Waals surface area contributed by atoms with Crippen LogP contribution >= 0.6 is 0 Å². The number of fused-ring (bicyclic) bond motifs is 1. The summed E-state index contributed by atoms with van der Waals surface area (Å²) < 4.78 is 15.6. The second kappa shape index (κ2) is 8.95. The van der Waals surface area contributed by atoms with Gasteiger partial charge in [-0.3, -0.25) is 14.4 Å². The van der Waals surface area contributed by atoms with Crippen LogP contribution in [0.4, 0.5) is 5.69 Å². The molecule has 0 bridgehead atoms. The lowest BCUT2D eigenvalue weighted by molar-refractivity contribution is -0.135. The third-order valence-electron chi connectivity index (χ3n) is 5.27. The number of nitrogens with zero attached hydrogens (tertiary/aromatic N) is 1. The predicted molar refractivity (Wildman–Crippen MR) is 111 cm³/mol. The molecule has 2 aromatic carbocycles. The quantitative estimate of drug-likeness (QED) is 0.731. The summed E-state index contributed by atoms with van der Waals surface area (Å²) in [5.74, 6) is 0.808. The summed E-state index contributed by atoms with van der Waals surface area (Å²) in [6.07, 6.45) is 1.30. The molecule has 1 fully saturated rings. The summed E-state index contributed by atoms with van der Waals surface area (Å²) >= 11 is 0. The van der Waals surface area contributed by atoms with Crippen molar-refractivity contribution in [2.75, 3.05) is 32.3 Å². The van der Waals surface area contributed by atoms with Gasteiger partial charge in [0.15, 0.2) is 11.5 Å². The third-order valence-corrected chi connectivity index (χ3v) is 5.27. The monoisotopic (exact) mass is 425 g/mol. The van der Waals surface area contributed by atoms with Gasteiger partial charge < -0.3 is 29.7 Å². The SMILES string of the molecule is COc1ccc(NC(=O)C2CCCN2C(=O)CNC(=O)c2ccc3c(c2)OCO3)cc1. The molecular weight excluding hydrogens is 402 g/mol. The number of rotatable bonds is 6. The van der Waals surface area contributed by atoms with E-state index in [1.54, 1.807) is 49.6 Å². The molecule has 1 atom stereocenters. The Morgan fingerprint density at radius 2 is 1.87 bits per heavy atom. The van der Waals surface area contributed by atoms with E-state index in [2.05, 4.69) is 10.6 Å². The van der Waals surface area contributed by atoms with Crippen molar-refractivity contribution in [3.8, 4) is 17.2 Å². The summed E-state index contributed by atoms with van der Waals surface area (Å²) in [6.45, 7) is 0.396. The maximum Gasteiger partial charge on any atom is 0.251 e. The first-order chi connectivity index (χ1) is 15.0. The molecule has 1 saturated heterocycles. The molecule has 3 amide bonds. The molecule has 1 unspecified atom stereocenters. The van der Waals surface area contributed by atoms with E-state index < -0.39 is 11.9 Å². The van der Waals surface area contributed by atoms with Crippen LogP contribution in [0.15, 0.2) is 42.5 Å². The molecule has 2 aromatic rings. The van der Waals surface area contributed by atoms with Crippen molar-refractivity contribution in [3.05, 3.63) is 48.0 Å². The van der Waals surface area contributed by atoms with Crippen molar-refractivity contribution >= 4 is 23.4 Å². The smallest absolute Gasteiger partial charge is 0.251 e. The molecular formula is C22H23N3O6. The number of amides is 3. The molecule has 0 radical (unpaired) electrons. The number of carbonyl (C=O) groups is 3. The minimum absolute atomic E-state index is 0.119. The zero-order valence-electron chi connectivity index (χ0n) is 17.1. The molecule has 4 rings (SSSR count). The van der Waals surface area contributed by atoms with Crippen molar-refractivity contribution < 1.29 is 28.6 Å². The van der Waals surface area contributed by atoms with E-state index in [-0.39, 0.29) is 25.2 Å². The number of carbonyl (C=O) groups excluding carboxylic acids is 3. The summed E-state index contributed by atoms with van der Waals surface area (Å²) in [5.41, 5.74) is 0.994. The molecule has 162 valence electrons. The van der Waals surface area contributed by atoms with Crippen LogP contribution in [0.3, 0.4) is 0 Å². The molecule has 0 spiro atoms.